The molecular formula is C23H30N2O7S. The summed E-state index contributed by atoms with van der Waals surface area (Å²) in [5.41, 5.74) is 1.44. The number of carbonyl (C=O) groups excluding carboxylic acids is 1. The molecule has 1 saturated heterocycles. The van der Waals surface area contributed by atoms with E-state index in [1.165, 1.54) is 21.3 Å². The molecule has 0 aromatic heterocycles. The van der Waals surface area contributed by atoms with Crippen LogP contribution < -0.4 is 24.3 Å². The van der Waals surface area contributed by atoms with Crippen molar-refractivity contribution in [1.29, 1.82) is 0 Å². The van der Waals surface area contributed by atoms with Gasteiger partial charge in [-0.2, -0.15) is 0 Å². The number of nitrogens with zero attached hydrogens (tertiary/aromatic N) is 1. The minimum absolute atomic E-state index is 0.0306. The van der Waals surface area contributed by atoms with Crippen LogP contribution >= 0.6 is 0 Å². The molecule has 1 heterocycles. The van der Waals surface area contributed by atoms with Crippen molar-refractivity contribution in [3.8, 4) is 23.0 Å². The van der Waals surface area contributed by atoms with Gasteiger partial charge >= 0.3 is 0 Å². The predicted octanol–water partition coefficient (Wildman–Crippen LogP) is 2.35. The second kappa shape index (κ2) is 10.8. The molecule has 0 bridgehead atoms. The third-order valence-electron chi connectivity index (χ3n) is 5.56. The van der Waals surface area contributed by atoms with Gasteiger partial charge in [-0.05, 0) is 24.1 Å². The second-order valence-corrected chi connectivity index (χ2v) is 10.0. The molecule has 1 aliphatic heterocycles. The van der Waals surface area contributed by atoms with E-state index >= 15 is 0 Å². The van der Waals surface area contributed by atoms with Gasteiger partial charge in [0.05, 0.1) is 46.5 Å². The van der Waals surface area contributed by atoms with Crippen LogP contribution in [0.3, 0.4) is 0 Å². The summed E-state index contributed by atoms with van der Waals surface area (Å²) in [5, 5.41) is 2.86. The van der Waals surface area contributed by atoms with Crippen molar-refractivity contribution in [2.75, 3.05) is 51.8 Å². The average molecular weight is 479 g/mol. The molecule has 2 aromatic rings. The van der Waals surface area contributed by atoms with Gasteiger partial charge in [0.2, 0.25) is 11.7 Å². The first kappa shape index (κ1) is 24.7. The fourth-order valence-corrected chi connectivity index (χ4v) is 5.64. The summed E-state index contributed by atoms with van der Waals surface area (Å²) >= 11 is 0. The highest BCUT2D eigenvalue weighted by Crippen LogP contribution is 2.40. The largest absolute Gasteiger partial charge is 0.497 e. The van der Waals surface area contributed by atoms with Gasteiger partial charge in [0.15, 0.2) is 21.3 Å². The van der Waals surface area contributed by atoms with E-state index in [0.717, 1.165) is 11.3 Å². The van der Waals surface area contributed by atoms with Crippen molar-refractivity contribution in [2.45, 2.75) is 19.0 Å². The molecule has 2 aromatic carbocycles. The zero-order valence-electron chi connectivity index (χ0n) is 19.3. The van der Waals surface area contributed by atoms with Crippen LogP contribution in [0.4, 0.5) is 5.69 Å². The first-order valence-electron chi connectivity index (χ1n) is 10.5. The number of rotatable bonds is 10. The van der Waals surface area contributed by atoms with Crippen molar-refractivity contribution >= 4 is 21.4 Å². The second-order valence-electron chi connectivity index (χ2n) is 7.77. The Kier molecular flexibility index (Phi) is 8.04. The fraction of sp³-hybridized carbons (Fsp3) is 0.435. The molecule has 0 spiro atoms. The Labute approximate surface area is 194 Å². The molecule has 9 nitrogen and oxygen atoms in total. The van der Waals surface area contributed by atoms with E-state index in [4.69, 9.17) is 18.9 Å². The van der Waals surface area contributed by atoms with Gasteiger partial charge in [0.25, 0.3) is 0 Å². The molecule has 33 heavy (non-hydrogen) atoms. The molecule has 1 N–H and O–H groups in total. The van der Waals surface area contributed by atoms with Crippen molar-refractivity contribution in [2.24, 2.45) is 0 Å². The summed E-state index contributed by atoms with van der Waals surface area (Å²) in [6.45, 7) is 0.468. The van der Waals surface area contributed by atoms with Crippen molar-refractivity contribution in [3.05, 3.63) is 42.0 Å². The number of carbonyl (C=O) groups is 1. The van der Waals surface area contributed by atoms with Gasteiger partial charge in [-0.3, -0.25) is 9.69 Å². The zero-order valence-corrected chi connectivity index (χ0v) is 20.1. The number of sulfone groups is 1. The molecule has 10 heteroatoms. The van der Waals surface area contributed by atoms with Gasteiger partial charge in [-0.15, -0.1) is 0 Å². The van der Waals surface area contributed by atoms with E-state index < -0.39 is 9.84 Å². The van der Waals surface area contributed by atoms with Crippen LogP contribution in [-0.4, -0.2) is 71.8 Å². The molecule has 180 valence electrons. The standard InChI is InChI=1S/C23H30N2O7S/c1-29-19-7-5-16(6-8-19)13-25(18-9-10-33(27,28)15-18)14-22(26)24-17-11-20(30-2)23(32-4)21(12-17)31-3/h5-8,11-12,18H,9-10,13-15H2,1-4H3,(H,24,26)/t18-/m1/s1. The Hall–Kier alpha value is -2.98. The molecule has 0 aliphatic carbocycles. The smallest absolute Gasteiger partial charge is 0.238 e. The minimum atomic E-state index is -3.10. The lowest BCUT2D eigenvalue weighted by atomic mass is 10.1. The first-order valence-corrected chi connectivity index (χ1v) is 12.3. The topological polar surface area (TPSA) is 103 Å². The lowest BCUT2D eigenvalue weighted by Crippen LogP contribution is -2.41. The SMILES string of the molecule is COc1ccc(CN(CC(=O)Nc2cc(OC)c(OC)c(OC)c2)[C@@H]2CCS(=O)(=O)C2)cc1. The number of hydrogen-bond donors (Lipinski definition) is 1. The highest BCUT2D eigenvalue weighted by atomic mass is 32.2. The lowest BCUT2D eigenvalue weighted by molar-refractivity contribution is -0.117. The van der Waals surface area contributed by atoms with Crippen LogP contribution in [-0.2, 0) is 21.2 Å². The highest BCUT2D eigenvalue weighted by Gasteiger charge is 2.33. The molecular weight excluding hydrogens is 448 g/mol. The molecule has 1 fully saturated rings. The quantitative estimate of drug-likeness (QED) is 0.555. The Balaban J connectivity index is 1.78. The third kappa shape index (κ3) is 6.29. The summed E-state index contributed by atoms with van der Waals surface area (Å²) in [6.07, 6.45) is 0.496. The Morgan fingerprint density at radius 2 is 1.64 bits per heavy atom. The van der Waals surface area contributed by atoms with Crippen LogP contribution in [0, 0.1) is 0 Å². The van der Waals surface area contributed by atoms with E-state index in [-0.39, 0.29) is 30.0 Å². The van der Waals surface area contributed by atoms with Crippen LogP contribution in [0.15, 0.2) is 36.4 Å². The summed E-state index contributed by atoms with van der Waals surface area (Å²) in [4.78, 5) is 14.9. The summed E-state index contributed by atoms with van der Waals surface area (Å²) < 4.78 is 45.3. The lowest BCUT2D eigenvalue weighted by Gasteiger charge is -2.27. The third-order valence-corrected chi connectivity index (χ3v) is 7.32. The van der Waals surface area contributed by atoms with Crippen LogP contribution in [0.2, 0.25) is 0 Å². The van der Waals surface area contributed by atoms with E-state index in [1.54, 1.807) is 19.2 Å². The number of methoxy groups -OCH3 is 4. The monoisotopic (exact) mass is 478 g/mol. The van der Waals surface area contributed by atoms with Crippen LogP contribution in [0.5, 0.6) is 23.0 Å². The van der Waals surface area contributed by atoms with Crippen molar-refractivity contribution in [1.82, 2.24) is 4.90 Å². The number of anilines is 1. The zero-order chi connectivity index (χ0) is 24.0. The van der Waals surface area contributed by atoms with Gasteiger partial charge in [0, 0.05) is 30.4 Å². The highest BCUT2D eigenvalue weighted by molar-refractivity contribution is 7.91. The minimum Gasteiger partial charge on any atom is -0.497 e. The normalized spacial score (nSPS) is 16.9. The fourth-order valence-electron chi connectivity index (χ4n) is 3.88. The van der Waals surface area contributed by atoms with Crippen molar-refractivity contribution < 1.29 is 32.2 Å². The Bertz CT molecular complexity index is 1050. The van der Waals surface area contributed by atoms with Gasteiger partial charge in [-0.25, -0.2) is 8.42 Å². The van der Waals surface area contributed by atoms with Gasteiger partial charge in [0.1, 0.15) is 5.75 Å². The molecule has 1 amide bonds. The maximum absolute atomic E-state index is 13.0. The number of ether oxygens (including phenoxy) is 4. The first-order chi connectivity index (χ1) is 15.8. The summed E-state index contributed by atoms with van der Waals surface area (Å²) in [6, 6.07) is 10.6. The summed E-state index contributed by atoms with van der Waals surface area (Å²) in [5.74, 6) is 1.89. The van der Waals surface area contributed by atoms with Gasteiger partial charge < -0.3 is 24.3 Å². The van der Waals surface area contributed by atoms with Crippen LogP contribution in [0.25, 0.3) is 0 Å². The average Bonchev–Trinajstić information content (AvgIpc) is 3.17. The predicted molar refractivity (Wildman–Crippen MR) is 125 cm³/mol. The van der Waals surface area contributed by atoms with E-state index in [0.29, 0.717) is 35.9 Å². The van der Waals surface area contributed by atoms with E-state index in [9.17, 15) is 13.2 Å². The molecule has 1 aliphatic rings. The Morgan fingerprint density at radius 3 is 2.12 bits per heavy atom. The number of hydrogen-bond acceptors (Lipinski definition) is 8. The van der Waals surface area contributed by atoms with Crippen molar-refractivity contribution in [3.63, 3.8) is 0 Å². The number of benzene rings is 2. The van der Waals surface area contributed by atoms with E-state index in [1.807, 2.05) is 29.2 Å². The van der Waals surface area contributed by atoms with E-state index in [2.05, 4.69) is 5.32 Å². The Morgan fingerprint density at radius 1 is 1.00 bits per heavy atom. The molecule has 0 radical (unpaired) electrons. The maximum atomic E-state index is 13.0. The number of amides is 1. The van der Waals surface area contributed by atoms with Crippen LogP contribution in [0.1, 0.15) is 12.0 Å². The van der Waals surface area contributed by atoms with Gasteiger partial charge in [-0.1, -0.05) is 12.1 Å². The maximum Gasteiger partial charge on any atom is 0.238 e. The molecule has 1 atom stereocenters. The summed E-state index contributed by atoms with van der Waals surface area (Å²) in [7, 11) is 3.00. The molecule has 3 rings (SSSR count). The number of nitrogens with one attached hydrogen (secondary N) is 1. The molecule has 0 unspecified atom stereocenters. The molecule has 0 saturated carbocycles.